The number of hydrogen-bond donors (Lipinski definition) is 1. The molecule has 0 bridgehead atoms. The molecule has 0 fully saturated rings. The third-order valence-corrected chi connectivity index (χ3v) is 2.23. The lowest BCUT2D eigenvalue weighted by Gasteiger charge is -2.02. The average Bonchev–Trinajstić information content (AvgIpc) is 2.81. The third kappa shape index (κ3) is 3.13. The standard InChI is InChI=1S/C10H15N5O.ClH/c1-14-6-8(5-12-14)4-11-9-7-15(2)13-10(9)16-3;/h5-7,11H,4H2,1-3H3;1H. The Bertz CT molecular complexity index is 479. The summed E-state index contributed by atoms with van der Waals surface area (Å²) in [6, 6.07) is 0. The maximum atomic E-state index is 5.14. The van der Waals surface area contributed by atoms with Crippen LogP contribution in [0.5, 0.6) is 5.88 Å². The molecule has 0 saturated heterocycles. The van der Waals surface area contributed by atoms with Crippen LogP contribution >= 0.6 is 12.4 Å². The van der Waals surface area contributed by atoms with Crippen LogP contribution in [0.25, 0.3) is 0 Å². The minimum atomic E-state index is 0. The molecule has 94 valence electrons. The summed E-state index contributed by atoms with van der Waals surface area (Å²) in [5.41, 5.74) is 2.00. The molecular formula is C10H16ClN5O. The summed E-state index contributed by atoms with van der Waals surface area (Å²) in [6.07, 6.45) is 5.68. The minimum Gasteiger partial charge on any atom is -0.478 e. The highest BCUT2D eigenvalue weighted by atomic mass is 35.5. The summed E-state index contributed by atoms with van der Waals surface area (Å²) in [6.45, 7) is 0.704. The van der Waals surface area contributed by atoms with Gasteiger partial charge in [0, 0.05) is 32.4 Å². The van der Waals surface area contributed by atoms with Gasteiger partial charge in [0.15, 0.2) is 0 Å². The van der Waals surface area contributed by atoms with E-state index in [1.807, 2.05) is 32.7 Å². The largest absolute Gasteiger partial charge is 0.478 e. The Labute approximate surface area is 106 Å². The molecule has 0 spiro atoms. The molecule has 0 amide bonds. The van der Waals surface area contributed by atoms with Crippen LogP contribution in [0, 0.1) is 0 Å². The van der Waals surface area contributed by atoms with Gasteiger partial charge in [-0.05, 0) is 0 Å². The zero-order valence-corrected chi connectivity index (χ0v) is 10.9. The molecule has 0 unspecified atom stereocenters. The van der Waals surface area contributed by atoms with Gasteiger partial charge in [-0.2, -0.15) is 5.10 Å². The molecule has 2 rings (SSSR count). The van der Waals surface area contributed by atoms with Crippen molar-refractivity contribution < 1.29 is 4.74 Å². The van der Waals surface area contributed by atoms with Gasteiger partial charge in [-0.1, -0.05) is 0 Å². The molecule has 6 nitrogen and oxygen atoms in total. The molecular weight excluding hydrogens is 242 g/mol. The highest BCUT2D eigenvalue weighted by Gasteiger charge is 2.07. The smallest absolute Gasteiger partial charge is 0.256 e. The molecule has 17 heavy (non-hydrogen) atoms. The summed E-state index contributed by atoms with van der Waals surface area (Å²) >= 11 is 0. The molecule has 0 aromatic carbocycles. The maximum Gasteiger partial charge on any atom is 0.256 e. The number of ether oxygens (including phenoxy) is 1. The number of hydrogen-bond acceptors (Lipinski definition) is 4. The number of rotatable bonds is 4. The van der Waals surface area contributed by atoms with E-state index in [1.54, 1.807) is 16.5 Å². The number of nitrogens with one attached hydrogen (secondary N) is 1. The summed E-state index contributed by atoms with van der Waals surface area (Å²) < 4.78 is 8.63. The predicted molar refractivity (Wildman–Crippen MR) is 67.5 cm³/mol. The first-order valence-corrected chi connectivity index (χ1v) is 4.98. The molecule has 0 radical (unpaired) electrons. The average molecular weight is 258 g/mol. The highest BCUT2D eigenvalue weighted by molar-refractivity contribution is 5.85. The molecule has 7 heteroatoms. The fraction of sp³-hybridized carbons (Fsp3) is 0.400. The quantitative estimate of drug-likeness (QED) is 0.894. The zero-order valence-electron chi connectivity index (χ0n) is 10.0. The van der Waals surface area contributed by atoms with Crippen LogP contribution in [-0.2, 0) is 20.6 Å². The second-order valence-corrected chi connectivity index (χ2v) is 3.60. The van der Waals surface area contributed by atoms with Crippen LogP contribution in [0.2, 0.25) is 0 Å². The van der Waals surface area contributed by atoms with Crippen molar-refractivity contribution in [1.82, 2.24) is 19.6 Å². The molecule has 2 aromatic heterocycles. The van der Waals surface area contributed by atoms with Crippen molar-refractivity contribution in [3.8, 4) is 5.88 Å². The lowest BCUT2D eigenvalue weighted by atomic mass is 10.3. The SMILES string of the molecule is COc1nn(C)cc1NCc1cnn(C)c1.Cl. The maximum absolute atomic E-state index is 5.14. The molecule has 2 heterocycles. The Morgan fingerprint density at radius 1 is 1.29 bits per heavy atom. The minimum absolute atomic E-state index is 0. The van der Waals surface area contributed by atoms with Gasteiger partial charge < -0.3 is 10.1 Å². The number of halogens is 1. The van der Waals surface area contributed by atoms with Crippen molar-refractivity contribution in [2.75, 3.05) is 12.4 Å². The van der Waals surface area contributed by atoms with E-state index < -0.39 is 0 Å². The summed E-state index contributed by atoms with van der Waals surface area (Å²) in [5, 5.41) is 11.5. The van der Waals surface area contributed by atoms with Crippen molar-refractivity contribution in [2.45, 2.75) is 6.54 Å². The Morgan fingerprint density at radius 2 is 2.06 bits per heavy atom. The number of aryl methyl sites for hydroxylation is 2. The Kier molecular flexibility index (Phi) is 4.39. The fourth-order valence-electron chi connectivity index (χ4n) is 1.50. The van der Waals surface area contributed by atoms with Gasteiger partial charge >= 0.3 is 0 Å². The fourth-order valence-corrected chi connectivity index (χ4v) is 1.50. The van der Waals surface area contributed by atoms with Gasteiger partial charge in [0.25, 0.3) is 5.88 Å². The van der Waals surface area contributed by atoms with Crippen molar-refractivity contribution >= 4 is 18.1 Å². The first-order chi connectivity index (χ1) is 7.69. The van der Waals surface area contributed by atoms with Crippen LogP contribution in [-0.4, -0.2) is 26.7 Å². The first-order valence-electron chi connectivity index (χ1n) is 4.98. The van der Waals surface area contributed by atoms with Gasteiger partial charge in [0.2, 0.25) is 0 Å². The number of methoxy groups -OCH3 is 1. The van der Waals surface area contributed by atoms with E-state index in [1.165, 1.54) is 0 Å². The van der Waals surface area contributed by atoms with Gasteiger partial charge in [-0.25, -0.2) is 0 Å². The van der Waals surface area contributed by atoms with E-state index in [2.05, 4.69) is 15.5 Å². The highest BCUT2D eigenvalue weighted by Crippen LogP contribution is 2.21. The second-order valence-electron chi connectivity index (χ2n) is 3.60. The Hall–Kier alpha value is -1.69. The molecule has 2 aromatic rings. The van der Waals surface area contributed by atoms with Crippen LogP contribution in [0.3, 0.4) is 0 Å². The van der Waals surface area contributed by atoms with E-state index in [0.717, 1.165) is 11.3 Å². The number of aromatic nitrogens is 4. The number of nitrogens with zero attached hydrogens (tertiary/aromatic N) is 4. The van der Waals surface area contributed by atoms with E-state index in [0.29, 0.717) is 12.4 Å². The number of anilines is 1. The normalized spacial score (nSPS) is 9.82. The summed E-state index contributed by atoms with van der Waals surface area (Å²) in [5.74, 6) is 0.603. The molecule has 0 aliphatic heterocycles. The lowest BCUT2D eigenvalue weighted by Crippen LogP contribution is -1.99. The van der Waals surface area contributed by atoms with Crippen LogP contribution in [0.4, 0.5) is 5.69 Å². The summed E-state index contributed by atoms with van der Waals surface area (Å²) in [7, 11) is 5.36. The van der Waals surface area contributed by atoms with Crippen LogP contribution in [0.15, 0.2) is 18.6 Å². The van der Waals surface area contributed by atoms with E-state index in [4.69, 9.17) is 4.74 Å². The van der Waals surface area contributed by atoms with Gasteiger partial charge in [0.1, 0.15) is 5.69 Å². The van der Waals surface area contributed by atoms with E-state index in [9.17, 15) is 0 Å². The zero-order chi connectivity index (χ0) is 11.5. The first kappa shape index (κ1) is 13.4. The van der Waals surface area contributed by atoms with Gasteiger partial charge in [0.05, 0.1) is 19.5 Å². The predicted octanol–water partition coefficient (Wildman–Crippen LogP) is 1.20. The van der Waals surface area contributed by atoms with Crippen molar-refractivity contribution in [3.63, 3.8) is 0 Å². The molecule has 0 aliphatic rings. The molecule has 0 aliphatic carbocycles. The van der Waals surface area contributed by atoms with Crippen molar-refractivity contribution in [2.24, 2.45) is 14.1 Å². The van der Waals surface area contributed by atoms with Crippen LogP contribution in [0.1, 0.15) is 5.56 Å². The monoisotopic (exact) mass is 257 g/mol. The van der Waals surface area contributed by atoms with Crippen LogP contribution < -0.4 is 10.1 Å². The lowest BCUT2D eigenvalue weighted by molar-refractivity contribution is 0.393. The van der Waals surface area contributed by atoms with Gasteiger partial charge in [-0.15, -0.1) is 17.5 Å². The molecule has 0 atom stereocenters. The molecule has 1 N–H and O–H groups in total. The topological polar surface area (TPSA) is 56.9 Å². The van der Waals surface area contributed by atoms with E-state index in [-0.39, 0.29) is 12.4 Å². The van der Waals surface area contributed by atoms with E-state index >= 15 is 0 Å². The summed E-state index contributed by atoms with van der Waals surface area (Å²) in [4.78, 5) is 0. The van der Waals surface area contributed by atoms with Crippen molar-refractivity contribution in [1.29, 1.82) is 0 Å². The second kappa shape index (κ2) is 5.58. The Morgan fingerprint density at radius 3 is 2.65 bits per heavy atom. The van der Waals surface area contributed by atoms with Crippen molar-refractivity contribution in [3.05, 3.63) is 24.2 Å². The molecule has 0 saturated carbocycles. The Balaban J connectivity index is 0.00000144. The third-order valence-electron chi connectivity index (χ3n) is 2.23. The van der Waals surface area contributed by atoms with Gasteiger partial charge in [-0.3, -0.25) is 9.36 Å².